The van der Waals surface area contributed by atoms with Gasteiger partial charge in [0.1, 0.15) is 17.9 Å². The van der Waals surface area contributed by atoms with Gasteiger partial charge in [-0.1, -0.05) is 0 Å². The van der Waals surface area contributed by atoms with Crippen molar-refractivity contribution in [3.63, 3.8) is 0 Å². The number of hydrogen-bond donors (Lipinski definition) is 4. The summed E-state index contributed by atoms with van der Waals surface area (Å²) in [6.45, 7) is 2.60. The number of amides is 3. The highest BCUT2D eigenvalue weighted by Gasteiger charge is 2.23. The first kappa shape index (κ1) is 18.6. The Bertz CT molecular complexity index is 448. The molecule has 0 aromatic heterocycles. The van der Waals surface area contributed by atoms with Crippen LogP contribution in [0, 0.1) is 0 Å². The number of carbonyl (C=O) groups excluding carboxylic acids is 4. The second-order valence-electron chi connectivity index (χ2n) is 4.56. The van der Waals surface area contributed by atoms with E-state index < -0.39 is 35.8 Å². The number of rotatable bonds is 9. The van der Waals surface area contributed by atoms with Crippen molar-refractivity contribution in [3.05, 3.63) is 0 Å². The van der Waals surface area contributed by atoms with Crippen LogP contribution in [0.2, 0.25) is 0 Å². The molecule has 3 amide bonds. The number of nitrogens with two attached hydrogens (primary N) is 1. The minimum absolute atomic E-state index is 0.148. The van der Waals surface area contributed by atoms with Crippen molar-refractivity contribution < 1.29 is 29.1 Å². The molecule has 0 rings (SSSR count). The van der Waals surface area contributed by atoms with Gasteiger partial charge in [0.15, 0.2) is 0 Å². The van der Waals surface area contributed by atoms with E-state index in [0.29, 0.717) is 0 Å². The smallest absolute Gasteiger partial charge is 0.303 e. The van der Waals surface area contributed by atoms with E-state index in [1.807, 2.05) is 0 Å². The van der Waals surface area contributed by atoms with E-state index >= 15 is 0 Å². The molecule has 0 aromatic rings. The largest absolute Gasteiger partial charge is 0.481 e. The second kappa shape index (κ2) is 8.67. The lowest BCUT2D eigenvalue weighted by atomic mass is 10.1. The van der Waals surface area contributed by atoms with Gasteiger partial charge in [-0.2, -0.15) is 0 Å². The highest BCUT2D eigenvalue weighted by Crippen LogP contribution is 1.98. The molecule has 0 aromatic carbocycles. The molecule has 0 radical (unpaired) electrons. The molecule has 0 saturated heterocycles. The van der Waals surface area contributed by atoms with Gasteiger partial charge in [0.2, 0.25) is 17.7 Å². The van der Waals surface area contributed by atoms with Crippen LogP contribution < -0.4 is 16.4 Å². The fourth-order valence-electron chi connectivity index (χ4n) is 1.43. The molecule has 2 atom stereocenters. The van der Waals surface area contributed by atoms with Crippen molar-refractivity contribution in [2.24, 2.45) is 5.73 Å². The number of hydrogen-bond acceptors (Lipinski definition) is 5. The van der Waals surface area contributed by atoms with Crippen molar-refractivity contribution in [1.29, 1.82) is 0 Å². The van der Waals surface area contributed by atoms with E-state index in [4.69, 9.17) is 10.8 Å². The monoisotopic (exact) mass is 301 g/mol. The molecule has 5 N–H and O–H groups in total. The summed E-state index contributed by atoms with van der Waals surface area (Å²) in [7, 11) is 0. The topological polar surface area (TPSA) is 156 Å². The second-order valence-corrected chi connectivity index (χ2v) is 4.56. The van der Waals surface area contributed by atoms with Gasteiger partial charge in [-0.25, -0.2) is 0 Å². The van der Waals surface area contributed by atoms with E-state index in [9.17, 15) is 24.0 Å². The lowest BCUT2D eigenvalue weighted by molar-refractivity contribution is -0.137. The van der Waals surface area contributed by atoms with E-state index in [1.54, 1.807) is 0 Å². The third-order valence-corrected chi connectivity index (χ3v) is 2.49. The van der Waals surface area contributed by atoms with Gasteiger partial charge in [0, 0.05) is 6.42 Å². The fourth-order valence-corrected chi connectivity index (χ4v) is 1.43. The molecule has 0 spiro atoms. The third-order valence-electron chi connectivity index (χ3n) is 2.49. The molecule has 9 nitrogen and oxygen atoms in total. The van der Waals surface area contributed by atoms with E-state index in [2.05, 4.69) is 10.6 Å². The predicted molar refractivity (Wildman–Crippen MR) is 70.9 cm³/mol. The maximum atomic E-state index is 11.8. The van der Waals surface area contributed by atoms with Crippen molar-refractivity contribution in [2.75, 3.05) is 0 Å². The summed E-state index contributed by atoms with van der Waals surface area (Å²) in [5, 5.41) is 13.1. The molecule has 0 fully saturated rings. The Morgan fingerprint density at radius 3 is 2.14 bits per heavy atom. The van der Waals surface area contributed by atoms with Crippen LogP contribution in [0.25, 0.3) is 0 Å². The van der Waals surface area contributed by atoms with Gasteiger partial charge >= 0.3 is 5.97 Å². The van der Waals surface area contributed by atoms with Crippen LogP contribution in [0.5, 0.6) is 0 Å². The highest BCUT2D eigenvalue weighted by molar-refractivity contribution is 5.99. The van der Waals surface area contributed by atoms with Crippen LogP contribution in [0.15, 0.2) is 0 Å². The van der Waals surface area contributed by atoms with Crippen LogP contribution >= 0.6 is 0 Å². The van der Waals surface area contributed by atoms with Crippen LogP contribution in [0.4, 0.5) is 0 Å². The maximum absolute atomic E-state index is 11.8. The molecule has 0 saturated carbocycles. The normalized spacial score (nSPS) is 12.9. The summed E-state index contributed by atoms with van der Waals surface area (Å²) < 4.78 is 0. The van der Waals surface area contributed by atoms with Crippen molar-refractivity contribution in [3.8, 4) is 0 Å². The van der Waals surface area contributed by atoms with Crippen LogP contribution in [0.1, 0.15) is 33.1 Å². The number of primary amides is 1. The Kier molecular flexibility index (Phi) is 7.66. The predicted octanol–water partition coefficient (Wildman–Crippen LogP) is -1.69. The molecule has 0 aliphatic heterocycles. The standard InChI is InChI=1S/C12H19N3O6/c1-6(16)5-9(17)14-7(2)12(21)15-8(11(13)20)3-4-10(18)19/h7-8H,3-5H2,1-2H3,(H2,13,20)(H,14,17)(H,15,21)(H,18,19)/t7-,8+/m0/s1. The molecule has 0 unspecified atom stereocenters. The number of ketones is 1. The summed E-state index contributed by atoms with van der Waals surface area (Å²) in [6.07, 6.45) is -0.834. The van der Waals surface area contributed by atoms with Gasteiger partial charge in [-0.05, 0) is 20.3 Å². The molecule has 0 heterocycles. The molecule has 21 heavy (non-hydrogen) atoms. The number of nitrogens with one attached hydrogen (secondary N) is 2. The minimum Gasteiger partial charge on any atom is -0.481 e. The zero-order valence-electron chi connectivity index (χ0n) is 11.8. The fraction of sp³-hybridized carbons (Fsp3) is 0.583. The Morgan fingerprint density at radius 1 is 1.14 bits per heavy atom. The van der Waals surface area contributed by atoms with Crippen LogP contribution in [0.3, 0.4) is 0 Å². The lowest BCUT2D eigenvalue weighted by Crippen LogP contribution is -2.52. The van der Waals surface area contributed by atoms with Crippen LogP contribution in [-0.4, -0.2) is 46.7 Å². The first-order valence-corrected chi connectivity index (χ1v) is 6.23. The lowest BCUT2D eigenvalue weighted by Gasteiger charge is -2.18. The van der Waals surface area contributed by atoms with Crippen molar-refractivity contribution in [2.45, 2.75) is 45.2 Å². The van der Waals surface area contributed by atoms with Gasteiger partial charge in [0.25, 0.3) is 0 Å². The average Bonchev–Trinajstić information content (AvgIpc) is 2.31. The van der Waals surface area contributed by atoms with Crippen molar-refractivity contribution in [1.82, 2.24) is 10.6 Å². The molecular weight excluding hydrogens is 282 g/mol. The number of carboxylic acids is 1. The Hall–Kier alpha value is -2.45. The molecule has 118 valence electrons. The SMILES string of the molecule is CC(=O)CC(=O)N[C@@H](C)C(=O)N[C@H](CCC(=O)O)C(N)=O. The molecule has 0 aliphatic rings. The summed E-state index contributed by atoms with van der Waals surface area (Å²) in [5.74, 6) is -3.66. The molecule has 9 heteroatoms. The minimum atomic E-state index is -1.14. The molecule has 0 aliphatic carbocycles. The Balaban J connectivity index is 4.46. The molecule has 0 bridgehead atoms. The van der Waals surface area contributed by atoms with E-state index in [0.717, 1.165) is 0 Å². The summed E-state index contributed by atoms with van der Waals surface area (Å²) >= 11 is 0. The number of carboxylic acid groups (broad SMARTS) is 1. The van der Waals surface area contributed by atoms with Gasteiger partial charge in [0.05, 0.1) is 6.42 Å². The zero-order chi connectivity index (χ0) is 16.6. The van der Waals surface area contributed by atoms with Crippen molar-refractivity contribution >= 4 is 29.5 Å². The highest BCUT2D eigenvalue weighted by atomic mass is 16.4. The summed E-state index contributed by atoms with van der Waals surface area (Å²) in [4.78, 5) is 55.4. The maximum Gasteiger partial charge on any atom is 0.303 e. The average molecular weight is 301 g/mol. The van der Waals surface area contributed by atoms with Gasteiger partial charge in [-0.15, -0.1) is 0 Å². The quantitative estimate of drug-likeness (QED) is 0.372. The number of carbonyl (C=O) groups is 5. The van der Waals surface area contributed by atoms with Gasteiger partial charge in [-0.3, -0.25) is 24.0 Å². The Labute approximate surface area is 121 Å². The molecular formula is C12H19N3O6. The van der Waals surface area contributed by atoms with E-state index in [1.165, 1.54) is 13.8 Å². The number of Topliss-reactive ketones (excluding diaryl/α,β-unsaturated/α-hetero) is 1. The first-order valence-electron chi connectivity index (χ1n) is 6.23. The zero-order valence-corrected chi connectivity index (χ0v) is 11.8. The first-order chi connectivity index (χ1) is 9.63. The van der Waals surface area contributed by atoms with Crippen LogP contribution in [-0.2, 0) is 24.0 Å². The Morgan fingerprint density at radius 2 is 1.71 bits per heavy atom. The number of aliphatic carboxylic acids is 1. The summed E-state index contributed by atoms with van der Waals surface area (Å²) in [5.41, 5.74) is 5.06. The van der Waals surface area contributed by atoms with Gasteiger partial charge < -0.3 is 21.5 Å². The summed E-state index contributed by atoms with van der Waals surface area (Å²) in [6, 6.07) is -2.12. The third kappa shape index (κ3) is 8.35. The van der Waals surface area contributed by atoms with E-state index in [-0.39, 0.29) is 25.0 Å².